The molecule has 0 unspecified atom stereocenters. The molecule has 0 bridgehead atoms. The van der Waals surface area contributed by atoms with Crippen molar-refractivity contribution in [1.82, 2.24) is 4.90 Å². The molecule has 1 aliphatic heterocycles. The van der Waals surface area contributed by atoms with Crippen LogP contribution >= 0.6 is 0 Å². The molecule has 0 radical (unpaired) electrons. The third-order valence-electron chi connectivity index (χ3n) is 3.89. The summed E-state index contributed by atoms with van der Waals surface area (Å²) < 4.78 is 0.935. The molecule has 1 fully saturated rings. The molecule has 0 amide bonds. The molecule has 2 aromatic carbocycles. The Balaban J connectivity index is 1.85. The molecule has 1 saturated heterocycles. The maximum atomic E-state index is 4.86. The first-order valence-corrected chi connectivity index (χ1v) is 8.63. The van der Waals surface area contributed by atoms with Gasteiger partial charge in [-0.3, -0.25) is 0 Å². The average Bonchev–Trinajstić information content (AvgIpc) is 3.14. The second-order valence-electron chi connectivity index (χ2n) is 5.58. The summed E-state index contributed by atoms with van der Waals surface area (Å²) in [5.74, 6) is 1.03. The minimum absolute atomic E-state index is 0.935. The van der Waals surface area contributed by atoms with Crippen molar-refractivity contribution >= 4 is 16.4 Å². The summed E-state index contributed by atoms with van der Waals surface area (Å²) in [6.45, 7) is 2.17. The van der Waals surface area contributed by atoms with Gasteiger partial charge in [-0.1, -0.05) is 0 Å². The molecule has 1 heterocycles. The van der Waals surface area contributed by atoms with E-state index in [4.69, 9.17) is 4.99 Å². The first kappa shape index (κ1) is 15.9. The Bertz CT molecular complexity index is 699. The van der Waals surface area contributed by atoms with Crippen molar-refractivity contribution in [1.29, 1.82) is 0 Å². The second-order valence-corrected chi connectivity index (χ2v) is 6.18. The van der Waals surface area contributed by atoms with Gasteiger partial charge in [-0.2, -0.15) is 0 Å². The van der Waals surface area contributed by atoms with Gasteiger partial charge in [0.25, 0.3) is 0 Å². The van der Waals surface area contributed by atoms with Crippen LogP contribution in [0.4, 0.5) is 0 Å². The fourth-order valence-electron chi connectivity index (χ4n) is 2.64. The van der Waals surface area contributed by atoms with Gasteiger partial charge in [0.2, 0.25) is 0 Å². The number of aliphatic imine (C=N–C) groups is 1. The van der Waals surface area contributed by atoms with E-state index in [-0.39, 0.29) is 0 Å². The van der Waals surface area contributed by atoms with Crippen molar-refractivity contribution in [3.05, 3.63) is 77.9 Å². The molecular weight excluding hydrogens is 320 g/mol. The van der Waals surface area contributed by atoms with E-state index in [9.17, 15) is 0 Å². The van der Waals surface area contributed by atoms with Crippen LogP contribution in [0.1, 0.15) is 24.0 Å². The van der Waals surface area contributed by atoms with Crippen LogP contribution in [0.2, 0.25) is 0 Å². The van der Waals surface area contributed by atoms with Gasteiger partial charge >= 0.3 is 146 Å². The first-order valence-electron chi connectivity index (χ1n) is 7.99. The Morgan fingerprint density at radius 3 is 2.17 bits per heavy atom. The Labute approximate surface area is 146 Å². The van der Waals surface area contributed by atoms with Gasteiger partial charge in [0.1, 0.15) is 0 Å². The number of amidine groups is 1. The molecule has 1 aliphatic rings. The summed E-state index contributed by atoms with van der Waals surface area (Å²) in [6.07, 6.45) is 6.74. The van der Waals surface area contributed by atoms with Crippen LogP contribution in [-0.2, 0) is 15.9 Å². The molecule has 3 rings (SSSR count). The fourth-order valence-corrected chi connectivity index (χ4v) is 3.00. The maximum absolute atomic E-state index is 4.86. The van der Waals surface area contributed by atoms with E-state index < -0.39 is 0 Å². The average molecular weight is 340 g/mol. The molecule has 0 saturated carbocycles. The van der Waals surface area contributed by atoms with Gasteiger partial charge < -0.3 is 0 Å². The Hall–Kier alpha value is -1.95. The normalized spacial score (nSPS) is 15.3. The SMILES string of the molecule is [Cr]=[C](N=C(/C=C/c1ccccc1)N1CCCC1)c1ccccc1. The van der Waals surface area contributed by atoms with E-state index >= 15 is 0 Å². The molecule has 0 N–H and O–H groups in total. The van der Waals surface area contributed by atoms with Gasteiger partial charge in [0.05, 0.1) is 0 Å². The van der Waals surface area contributed by atoms with Gasteiger partial charge in [0, 0.05) is 0 Å². The topological polar surface area (TPSA) is 15.6 Å². The number of likely N-dealkylation sites (tertiary alicyclic amines) is 1. The summed E-state index contributed by atoms with van der Waals surface area (Å²) in [7, 11) is 0. The number of benzene rings is 2. The van der Waals surface area contributed by atoms with Crippen molar-refractivity contribution in [2.45, 2.75) is 12.8 Å². The zero-order valence-electron chi connectivity index (χ0n) is 13.1. The molecular formula is C20H20CrN2. The van der Waals surface area contributed by atoms with Crippen LogP contribution in [0.25, 0.3) is 6.08 Å². The van der Waals surface area contributed by atoms with Crippen LogP contribution in [0.15, 0.2) is 71.7 Å². The molecule has 3 heteroatoms. The van der Waals surface area contributed by atoms with Crippen molar-refractivity contribution in [2.75, 3.05) is 13.1 Å². The van der Waals surface area contributed by atoms with Crippen molar-refractivity contribution in [3.63, 3.8) is 0 Å². The Kier molecular flexibility index (Phi) is 5.58. The van der Waals surface area contributed by atoms with Crippen molar-refractivity contribution in [2.24, 2.45) is 4.99 Å². The van der Waals surface area contributed by atoms with Gasteiger partial charge in [0.15, 0.2) is 0 Å². The van der Waals surface area contributed by atoms with Crippen LogP contribution < -0.4 is 0 Å². The third-order valence-corrected chi connectivity index (χ3v) is 4.40. The number of rotatable bonds is 4. The van der Waals surface area contributed by atoms with Crippen LogP contribution in [0.5, 0.6) is 0 Å². The predicted molar refractivity (Wildman–Crippen MR) is 94.3 cm³/mol. The molecule has 0 atom stereocenters. The monoisotopic (exact) mass is 340 g/mol. The van der Waals surface area contributed by atoms with Gasteiger partial charge in [-0.15, -0.1) is 0 Å². The Morgan fingerprint density at radius 1 is 0.913 bits per heavy atom. The molecule has 0 spiro atoms. The zero-order chi connectivity index (χ0) is 15.9. The zero-order valence-corrected chi connectivity index (χ0v) is 14.3. The first-order chi connectivity index (χ1) is 11.3. The van der Waals surface area contributed by atoms with Crippen molar-refractivity contribution in [3.8, 4) is 0 Å². The van der Waals surface area contributed by atoms with Crippen LogP contribution in [0.3, 0.4) is 0 Å². The molecule has 0 aromatic heterocycles. The minimum atomic E-state index is 0.935. The summed E-state index contributed by atoms with van der Waals surface area (Å²) in [5, 5.41) is 0. The number of hydrogen-bond acceptors (Lipinski definition) is 1. The molecule has 2 nitrogen and oxygen atoms in total. The predicted octanol–water partition coefficient (Wildman–Crippen LogP) is 3.92. The summed E-state index contributed by atoms with van der Waals surface area (Å²) in [4.78, 5) is 7.22. The van der Waals surface area contributed by atoms with Gasteiger partial charge in [-0.05, 0) is 0 Å². The van der Waals surface area contributed by atoms with Crippen LogP contribution in [-0.4, -0.2) is 28.3 Å². The van der Waals surface area contributed by atoms with Gasteiger partial charge in [-0.25, -0.2) is 0 Å². The molecule has 116 valence electrons. The van der Waals surface area contributed by atoms with Crippen LogP contribution in [0, 0.1) is 0 Å². The van der Waals surface area contributed by atoms with E-state index in [2.05, 4.69) is 69.3 Å². The van der Waals surface area contributed by atoms with E-state index in [0.717, 1.165) is 29.0 Å². The fraction of sp³-hybridized carbons (Fsp3) is 0.200. The van der Waals surface area contributed by atoms with E-state index in [0.29, 0.717) is 0 Å². The molecule has 23 heavy (non-hydrogen) atoms. The van der Waals surface area contributed by atoms with E-state index in [1.165, 1.54) is 18.4 Å². The Morgan fingerprint density at radius 2 is 1.52 bits per heavy atom. The standard InChI is InChI=1S/C20H20N2.Cr/c1-3-9-18(10-4-1)13-14-20(22-15-7-8-16-22)21-17-19-11-5-2-6-12-19;/h1-6,9-14H,7-8,15-16H2;/b14-13+;. The summed E-state index contributed by atoms with van der Waals surface area (Å²) in [5.41, 5.74) is 2.32. The second kappa shape index (κ2) is 8.06. The molecule has 2 aromatic rings. The molecule has 0 aliphatic carbocycles. The third kappa shape index (κ3) is 4.51. The van der Waals surface area contributed by atoms with Crippen molar-refractivity contribution < 1.29 is 15.9 Å². The summed E-state index contributed by atoms with van der Waals surface area (Å²) >= 11 is 3.11. The van der Waals surface area contributed by atoms with E-state index in [1.807, 2.05) is 24.3 Å². The number of hydrogen-bond donors (Lipinski definition) is 0. The summed E-state index contributed by atoms with van der Waals surface area (Å²) in [6, 6.07) is 20.6. The quantitative estimate of drug-likeness (QED) is 0.608. The number of nitrogens with zero attached hydrogens (tertiary/aromatic N) is 2. The van der Waals surface area contributed by atoms with E-state index in [1.54, 1.807) is 0 Å².